The van der Waals surface area contributed by atoms with Gasteiger partial charge in [-0.25, -0.2) is 0 Å². The van der Waals surface area contributed by atoms with Gasteiger partial charge in [0.05, 0.1) is 5.69 Å². The maximum atomic E-state index is 12.3. The number of carbonyl (C=O) groups excluding carboxylic acids is 1. The number of amides is 1. The lowest BCUT2D eigenvalue weighted by atomic mass is 10.2. The molecule has 0 unspecified atom stereocenters. The molecular weight excluding hydrogens is 268 g/mol. The van der Waals surface area contributed by atoms with E-state index in [1.807, 2.05) is 55.5 Å². The van der Waals surface area contributed by atoms with Crippen LogP contribution in [-0.4, -0.2) is 5.91 Å². The first-order valence-electron chi connectivity index (χ1n) is 6.30. The van der Waals surface area contributed by atoms with Gasteiger partial charge in [0, 0.05) is 15.8 Å². The quantitative estimate of drug-likeness (QED) is 0.745. The van der Waals surface area contributed by atoms with Crippen molar-refractivity contribution in [2.24, 2.45) is 0 Å². The lowest BCUT2D eigenvalue weighted by Gasteiger charge is -2.05. The molecule has 0 bridgehead atoms. The molecule has 100 valence electrons. The van der Waals surface area contributed by atoms with E-state index >= 15 is 0 Å². The van der Waals surface area contributed by atoms with Gasteiger partial charge < -0.3 is 11.1 Å². The van der Waals surface area contributed by atoms with Crippen LogP contribution < -0.4 is 11.1 Å². The first kappa shape index (κ1) is 12.7. The third-order valence-electron chi connectivity index (χ3n) is 3.12. The van der Waals surface area contributed by atoms with Crippen molar-refractivity contribution in [3.63, 3.8) is 0 Å². The summed E-state index contributed by atoms with van der Waals surface area (Å²) < 4.78 is 1.03. The molecule has 2 aromatic carbocycles. The predicted octanol–water partition coefficient (Wildman–Crippen LogP) is 4.04. The number of rotatable bonds is 2. The Balaban J connectivity index is 1.95. The Labute approximate surface area is 121 Å². The zero-order valence-electron chi connectivity index (χ0n) is 11.0. The Morgan fingerprint density at radius 3 is 2.70 bits per heavy atom. The fourth-order valence-electron chi connectivity index (χ4n) is 2.14. The van der Waals surface area contributed by atoms with E-state index in [1.54, 1.807) is 0 Å². The Morgan fingerprint density at radius 2 is 1.95 bits per heavy atom. The highest BCUT2D eigenvalue weighted by Crippen LogP contribution is 2.33. The molecule has 3 aromatic rings. The van der Waals surface area contributed by atoms with Crippen LogP contribution in [0.15, 0.2) is 48.5 Å². The Bertz CT molecular complexity index is 792. The minimum atomic E-state index is -0.158. The molecule has 1 aromatic heterocycles. The minimum absolute atomic E-state index is 0.158. The fourth-order valence-corrected chi connectivity index (χ4v) is 3.16. The highest BCUT2D eigenvalue weighted by molar-refractivity contribution is 7.21. The van der Waals surface area contributed by atoms with E-state index in [-0.39, 0.29) is 5.91 Å². The third-order valence-corrected chi connectivity index (χ3v) is 4.30. The zero-order valence-corrected chi connectivity index (χ0v) is 11.8. The van der Waals surface area contributed by atoms with Gasteiger partial charge in [-0.3, -0.25) is 4.79 Å². The molecule has 0 radical (unpaired) electrons. The predicted molar refractivity (Wildman–Crippen MR) is 85.4 cm³/mol. The Kier molecular flexibility index (Phi) is 3.16. The normalized spacial score (nSPS) is 10.7. The summed E-state index contributed by atoms with van der Waals surface area (Å²) in [7, 11) is 0. The molecule has 1 heterocycles. The number of hydrogen-bond donors (Lipinski definition) is 2. The Morgan fingerprint density at radius 1 is 1.15 bits per heavy atom. The van der Waals surface area contributed by atoms with Crippen molar-refractivity contribution in [1.29, 1.82) is 0 Å². The van der Waals surface area contributed by atoms with Crippen molar-refractivity contribution < 1.29 is 4.79 Å². The molecule has 3 rings (SSSR count). The van der Waals surface area contributed by atoms with E-state index in [4.69, 9.17) is 5.73 Å². The maximum Gasteiger partial charge on any atom is 0.267 e. The van der Waals surface area contributed by atoms with Gasteiger partial charge in [0.2, 0.25) is 0 Å². The minimum Gasteiger partial charge on any atom is -0.397 e. The molecule has 0 aliphatic heterocycles. The molecule has 1 amide bonds. The largest absolute Gasteiger partial charge is 0.397 e. The van der Waals surface area contributed by atoms with Crippen LogP contribution in [0.4, 0.5) is 11.4 Å². The molecule has 20 heavy (non-hydrogen) atoms. The first-order valence-corrected chi connectivity index (χ1v) is 7.12. The number of nitrogens with one attached hydrogen (secondary N) is 1. The number of nitrogen functional groups attached to an aromatic ring is 1. The fraction of sp³-hybridized carbons (Fsp3) is 0.0625. The van der Waals surface area contributed by atoms with E-state index in [0.717, 1.165) is 21.3 Å². The van der Waals surface area contributed by atoms with Gasteiger partial charge in [0.1, 0.15) is 4.88 Å². The standard InChI is InChI=1S/C16H14N2OS/c1-10-5-4-6-11(9-10)18-16(19)15-14(17)12-7-2-3-8-13(12)20-15/h2-9H,17H2,1H3,(H,18,19). The molecule has 0 saturated carbocycles. The van der Waals surface area contributed by atoms with Gasteiger partial charge >= 0.3 is 0 Å². The monoisotopic (exact) mass is 282 g/mol. The molecule has 0 aliphatic rings. The summed E-state index contributed by atoms with van der Waals surface area (Å²) in [6.45, 7) is 1.99. The van der Waals surface area contributed by atoms with Gasteiger partial charge in [0.15, 0.2) is 0 Å². The van der Waals surface area contributed by atoms with E-state index < -0.39 is 0 Å². The molecule has 0 saturated heterocycles. The topological polar surface area (TPSA) is 55.1 Å². The number of nitrogens with two attached hydrogens (primary N) is 1. The summed E-state index contributed by atoms with van der Waals surface area (Å²) in [4.78, 5) is 12.9. The Hall–Kier alpha value is -2.33. The van der Waals surface area contributed by atoms with Crippen molar-refractivity contribution in [2.75, 3.05) is 11.1 Å². The molecular formula is C16H14N2OS. The van der Waals surface area contributed by atoms with Crippen molar-refractivity contribution in [1.82, 2.24) is 0 Å². The van der Waals surface area contributed by atoms with Crippen LogP contribution in [0.2, 0.25) is 0 Å². The van der Waals surface area contributed by atoms with Crippen LogP contribution >= 0.6 is 11.3 Å². The summed E-state index contributed by atoms with van der Waals surface area (Å²) in [5, 5.41) is 3.83. The molecule has 0 spiro atoms. The number of benzene rings is 2. The van der Waals surface area contributed by atoms with Crippen LogP contribution in [-0.2, 0) is 0 Å². The molecule has 3 nitrogen and oxygen atoms in total. The van der Waals surface area contributed by atoms with Crippen LogP contribution in [0.1, 0.15) is 15.2 Å². The second-order valence-electron chi connectivity index (χ2n) is 4.66. The average Bonchev–Trinajstić information content (AvgIpc) is 2.77. The number of fused-ring (bicyclic) bond motifs is 1. The van der Waals surface area contributed by atoms with Crippen molar-refractivity contribution in [3.8, 4) is 0 Å². The molecule has 4 heteroatoms. The number of aryl methyl sites for hydroxylation is 1. The zero-order chi connectivity index (χ0) is 14.1. The third kappa shape index (κ3) is 2.26. The first-order chi connectivity index (χ1) is 9.65. The van der Waals surface area contributed by atoms with Gasteiger partial charge in [-0.15, -0.1) is 11.3 Å². The van der Waals surface area contributed by atoms with Crippen molar-refractivity contribution in [3.05, 3.63) is 59.0 Å². The summed E-state index contributed by atoms with van der Waals surface area (Å²) in [6.07, 6.45) is 0. The number of hydrogen-bond acceptors (Lipinski definition) is 3. The molecule has 3 N–H and O–H groups in total. The van der Waals surface area contributed by atoms with Gasteiger partial charge in [0.25, 0.3) is 5.91 Å². The second-order valence-corrected chi connectivity index (χ2v) is 5.72. The SMILES string of the molecule is Cc1cccc(NC(=O)c2sc3ccccc3c2N)c1. The van der Waals surface area contributed by atoms with Crippen LogP contribution in [0, 0.1) is 6.92 Å². The van der Waals surface area contributed by atoms with E-state index in [0.29, 0.717) is 10.6 Å². The van der Waals surface area contributed by atoms with E-state index in [1.165, 1.54) is 11.3 Å². The van der Waals surface area contributed by atoms with Crippen LogP contribution in [0.25, 0.3) is 10.1 Å². The summed E-state index contributed by atoms with van der Waals surface area (Å²) in [6, 6.07) is 15.5. The van der Waals surface area contributed by atoms with Gasteiger partial charge in [-0.2, -0.15) is 0 Å². The van der Waals surface area contributed by atoms with Crippen molar-refractivity contribution in [2.45, 2.75) is 6.92 Å². The van der Waals surface area contributed by atoms with Crippen LogP contribution in [0.3, 0.4) is 0 Å². The molecule has 0 atom stereocenters. The highest BCUT2D eigenvalue weighted by atomic mass is 32.1. The van der Waals surface area contributed by atoms with E-state index in [2.05, 4.69) is 5.32 Å². The molecule has 0 aliphatic carbocycles. The van der Waals surface area contributed by atoms with Crippen molar-refractivity contribution >= 4 is 38.7 Å². The molecule has 0 fully saturated rings. The summed E-state index contributed by atoms with van der Waals surface area (Å²) in [5.74, 6) is -0.158. The number of thiophene rings is 1. The number of carbonyl (C=O) groups is 1. The summed E-state index contributed by atoms with van der Waals surface area (Å²) >= 11 is 1.42. The van der Waals surface area contributed by atoms with E-state index in [9.17, 15) is 4.79 Å². The summed E-state index contributed by atoms with van der Waals surface area (Å²) in [5.41, 5.74) is 8.51. The van der Waals surface area contributed by atoms with Gasteiger partial charge in [-0.1, -0.05) is 30.3 Å². The smallest absolute Gasteiger partial charge is 0.267 e. The lowest BCUT2D eigenvalue weighted by molar-refractivity contribution is 0.103. The highest BCUT2D eigenvalue weighted by Gasteiger charge is 2.16. The van der Waals surface area contributed by atoms with Gasteiger partial charge in [-0.05, 0) is 30.7 Å². The average molecular weight is 282 g/mol. The maximum absolute atomic E-state index is 12.3. The van der Waals surface area contributed by atoms with Crippen LogP contribution in [0.5, 0.6) is 0 Å². The lowest BCUT2D eigenvalue weighted by Crippen LogP contribution is -2.11. The number of anilines is 2. The second kappa shape index (κ2) is 4.98.